The highest BCUT2D eigenvalue weighted by Gasteiger charge is 2.42. The fourth-order valence-electron chi connectivity index (χ4n) is 3.53. The van der Waals surface area contributed by atoms with Gasteiger partial charge in [-0.05, 0) is 49.8 Å². The van der Waals surface area contributed by atoms with Gasteiger partial charge in [0.15, 0.2) is 0 Å². The molecule has 1 aromatic carbocycles. The fourth-order valence-corrected chi connectivity index (χ4v) is 3.53. The highest BCUT2D eigenvalue weighted by Crippen LogP contribution is 2.47. The van der Waals surface area contributed by atoms with Crippen LogP contribution in [0, 0.1) is 11.7 Å². The Morgan fingerprint density at radius 2 is 2.11 bits per heavy atom. The lowest BCUT2D eigenvalue weighted by Gasteiger charge is -2.45. The van der Waals surface area contributed by atoms with Gasteiger partial charge in [-0.2, -0.15) is 0 Å². The molecule has 3 heteroatoms. The first-order valence-electron chi connectivity index (χ1n) is 7.28. The van der Waals surface area contributed by atoms with E-state index >= 15 is 0 Å². The lowest BCUT2D eigenvalue weighted by molar-refractivity contribution is -0.0472. The predicted molar refractivity (Wildman–Crippen MR) is 71.6 cm³/mol. The van der Waals surface area contributed by atoms with Crippen molar-refractivity contribution >= 4 is 0 Å². The van der Waals surface area contributed by atoms with Gasteiger partial charge in [0.2, 0.25) is 0 Å². The molecule has 0 bridgehead atoms. The number of benzene rings is 1. The lowest BCUT2D eigenvalue weighted by Crippen LogP contribution is -2.44. The highest BCUT2D eigenvalue weighted by molar-refractivity contribution is 5.38. The minimum atomic E-state index is -0.599. The Labute approximate surface area is 113 Å². The molecule has 104 valence electrons. The summed E-state index contributed by atoms with van der Waals surface area (Å²) in [6.07, 6.45) is 5.55. The molecule has 0 unspecified atom stereocenters. The number of hydrogen-bond acceptors (Lipinski definition) is 2. The Balaban J connectivity index is 1.83. The first-order chi connectivity index (χ1) is 9.12. The molecule has 1 N–H and O–H groups in total. The Morgan fingerprint density at radius 3 is 2.79 bits per heavy atom. The first kappa shape index (κ1) is 12.9. The van der Waals surface area contributed by atoms with Crippen molar-refractivity contribution in [1.82, 2.24) is 0 Å². The van der Waals surface area contributed by atoms with Gasteiger partial charge in [0.1, 0.15) is 17.2 Å². The van der Waals surface area contributed by atoms with Gasteiger partial charge in [-0.1, -0.05) is 13.3 Å². The smallest absolute Gasteiger partial charge is 0.126 e. The molecule has 0 amide bonds. The van der Waals surface area contributed by atoms with E-state index in [1.165, 1.54) is 31.4 Å². The molecule has 1 saturated carbocycles. The van der Waals surface area contributed by atoms with Crippen LogP contribution in [0.4, 0.5) is 4.39 Å². The molecule has 2 nitrogen and oxygen atoms in total. The molecule has 0 aromatic heterocycles. The zero-order valence-electron chi connectivity index (χ0n) is 11.4. The fraction of sp³-hybridized carbons (Fsp3) is 0.625. The van der Waals surface area contributed by atoms with Gasteiger partial charge in [-0.3, -0.25) is 0 Å². The standard InChI is InChI=1S/C16H21FO2/c1-2-11-5-7-16(8-6-11)10-14(18)13-9-12(17)3-4-15(13)19-16/h3-4,9,11,14,18H,2,5-8,10H2,1H3/t11?,14-,16?/m1/s1. The average molecular weight is 264 g/mol. The van der Waals surface area contributed by atoms with E-state index in [-0.39, 0.29) is 11.4 Å². The number of aliphatic hydroxyl groups is 1. The van der Waals surface area contributed by atoms with Crippen LogP contribution in [0.5, 0.6) is 5.75 Å². The van der Waals surface area contributed by atoms with Crippen molar-refractivity contribution in [3.63, 3.8) is 0 Å². The maximum Gasteiger partial charge on any atom is 0.126 e. The molecule has 3 rings (SSSR count). The summed E-state index contributed by atoms with van der Waals surface area (Å²) in [5.41, 5.74) is 0.374. The van der Waals surface area contributed by atoms with Crippen molar-refractivity contribution in [2.45, 2.75) is 57.2 Å². The maximum absolute atomic E-state index is 13.2. The second-order valence-corrected chi connectivity index (χ2v) is 6.04. The largest absolute Gasteiger partial charge is 0.487 e. The molecular weight excluding hydrogens is 243 g/mol. The van der Waals surface area contributed by atoms with Gasteiger partial charge in [0, 0.05) is 12.0 Å². The van der Waals surface area contributed by atoms with E-state index in [0.29, 0.717) is 17.7 Å². The number of ether oxygens (including phenoxy) is 1. The molecule has 0 radical (unpaired) electrons. The van der Waals surface area contributed by atoms with E-state index in [1.54, 1.807) is 6.07 Å². The molecular formula is C16H21FO2. The monoisotopic (exact) mass is 264 g/mol. The van der Waals surface area contributed by atoms with Crippen LogP contribution in [0.3, 0.4) is 0 Å². The Kier molecular flexibility index (Phi) is 3.25. The molecule has 1 spiro atoms. The van der Waals surface area contributed by atoms with Crippen molar-refractivity contribution < 1.29 is 14.2 Å². The van der Waals surface area contributed by atoms with E-state index < -0.39 is 6.10 Å². The molecule has 1 aliphatic carbocycles. The summed E-state index contributed by atoms with van der Waals surface area (Å²) in [7, 11) is 0. The minimum Gasteiger partial charge on any atom is -0.487 e. The van der Waals surface area contributed by atoms with Crippen molar-refractivity contribution in [1.29, 1.82) is 0 Å². The maximum atomic E-state index is 13.2. The highest BCUT2D eigenvalue weighted by atomic mass is 19.1. The number of fused-ring (bicyclic) bond motifs is 1. The number of rotatable bonds is 1. The van der Waals surface area contributed by atoms with E-state index in [2.05, 4.69) is 6.92 Å². The third kappa shape index (κ3) is 2.36. The van der Waals surface area contributed by atoms with Crippen molar-refractivity contribution in [3.05, 3.63) is 29.6 Å². The van der Waals surface area contributed by atoms with E-state index in [9.17, 15) is 9.50 Å². The van der Waals surface area contributed by atoms with Gasteiger partial charge < -0.3 is 9.84 Å². The molecule has 1 fully saturated rings. The van der Waals surface area contributed by atoms with Crippen LogP contribution in [0.2, 0.25) is 0 Å². The van der Waals surface area contributed by atoms with Crippen molar-refractivity contribution in [2.24, 2.45) is 5.92 Å². The van der Waals surface area contributed by atoms with Gasteiger partial charge in [-0.15, -0.1) is 0 Å². The Morgan fingerprint density at radius 1 is 1.37 bits per heavy atom. The van der Waals surface area contributed by atoms with Gasteiger partial charge in [-0.25, -0.2) is 4.39 Å². The summed E-state index contributed by atoms with van der Waals surface area (Å²) in [6.45, 7) is 2.23. The zero-order chi connectivity index (χ0) is 13.5. The van der Waals surface area contributed by atoms with Crippen LogP contribution in [0.1, 0.15) is 57.1 Å². The topological polar surface area (TPSA) is 29.5 Å². The summed E-state index contributed by atoms with van der Waals surface area (Å²) >= 11 is 0. The van der Waals surface area contributed by atoms with E-state index in [0.717, 1.165) is 18.8 Å². The zero-order valence-corrected chi connectivity index (χ0v) is 11.4. The van der Waals surface area contributed by atoms with Gasteiger partial charge >= 0.3 is 0 Å². The van der Waals surface area contributed by atoms with Crippen LogP contribution in [0.15, 0.2) is 18.2 Å². The lowest BCUT2D eigenvalue weighted by atomic mass is 9.73. The Bertz CT molecular complexity index is 464. The number of halogens is 1. The SMILES string of the molecule is CCC1CCC2(CC1)C[C@@H](O)c1cc(F)ccc1O2. The predicted octanol–water partition coefficient (Wildman–Crippen LogP) is 3.98. The summed E-state index contributed by atoms with van der Waals surface area (Å²) < 4.78 is 19.4. The van der Waals surface area contributed by atoms with Gasteiger partial charge in [0.05, 0.1) is 6.10 Å². The molecule has 19 heavy (non-hydrogen) atoms. The van der Waals surface area contributed by atoms with Crippen LogP contribution in [-0.2, 0) is 0 Å². The van der Waals surface area contributed by atoms with Gasteiger partial charge in [0.25, 0.3) is 0 Å². The summed E-state index contributed by atoms with van der Waals surface area (Å²) in [5, 5.41) is 10.3. The molecule has 1 atom stereocenters. The molecule has 1 heterocycles. The van der Waals surface area contributed by atoms with E-state index in [1.807, 2.05) is 0 Å². The average Bonchev–Trinajstić information content (AvgIpc) is 2.41. The summed E-state index contributed by atoms with van der Waals surface area (Å²) in [6, 6.07) is 4.45. The molecule has 0 saturated heterocycles. The van der Waals surface area contributed by atoms with Crippen LogP contribution in [0.25, 0.3) is 0 Å². The summed E-state index contributed by atoms with van der Waals surface area (Å²) in [4.78, 5) is 0. The number of hydrogen-bond donors (Lipinski definition) is 1. The summed E-state index contributed by atoms with van der Waals surface area (Å²) in [5.74, 6) is 1.14. The Hall–Kier alpha value is -1.09. The first-order valence-corrected chi connectivity index (χ1v) is 7.28. The quantitative estimate of drug-likeness (QED) is 0.831. The van der Waals surface area contributed by atoms with Crippen LogP contribution < -0.4 is 4.74 Å². The number of aliphatic hydroxyl groups excluding tert-OH is 1. The third-order valence-electron chi connectivity index (χ3n) is 4.82. The van der Waals surface area contributed by atoms with Crippen LogP contribution >= 0.6 is 0 Å². The third-order valence-corrected chi connectivity index (χ3v) is 4.82. The van der Waals surface area contributed by atoms with Crippen LogP contribution in [-0.4, -0.2) is 10.7 Å². The molecule has 2 aliphatic rings. The van der Waals surface area contributed by atoms with Crippen molar-refractivity contribution in [3.8, 4) is 5.75 Å². The molecule has 1 aliphatic heterocycles. The molecule has 1 aromatic rings. The minimum absolute atomic E-state index is 0.226. The van der Waals surface area contributed by atoms with Crippen molar-refractivity contribution in [2.75, 3.05) is 0 Å². The second kappa shape index (κ2) is 4.78. The van der Waals surface area contributed by atoms with E-state index in [4.69, 9.17) is 4.74 Å². The second-order valence-electron chi connectivity index (χ2n) is 6.04. The normalized spacial score (nSPS) is 33.8.